The number of ether oxygens (including phenoxy) is 1. The van der Waals surface area contributed by atoms with Gasteiger partial charge in [-0.25, -0.2) is 4.79 Å². The molecule has 1 atom stereocenters. The Morgan fingerprint density at radius 3 is 2.38 bits per heavy atom. The van der Waals surface area contributed by atoms with Crippen LogP contribution < -0.4 is 10.1 Å². The van der Waals surface area contributed by atoms with E-state index in [0.29, 0.717) is 19.5 Å². The highest BCUT2D eigenvalue weighted by Gasteiger charge is 2.44. The number of para-hydroxylation sites is 2. The molecule has 170 valence electrons. The summed E-state index contributed by atoms with van der Waals surface area (Å²) in [6.45, 7) is 6.79. The minimum Gasteiger partial charge on any atom is -0.487 e. The van der Waals surface area contributed by atoms with Crippen LogP contribution in [-0.4, -0.2) is 53.5 Å². The third-order valence-corrected chi connectivity index (χ3v) is 6.83. The maximum Gasteiger partial charge on any atom is 0.321 e. The Morgan fingerprint density at radius 1 is 1.03 bits per heavy atom. The van der Waals surface area contributed by atoms with Crippen LogP contribution in [-0.2, 0) is 4.79 Å². The van der Waals surface area contributed by atoms with E-state index >= 15 is 0 Å². The molecule has 2 aliphatic rings. The molecule has 2 heterocycles. The molecule has 0 radical (unpaired) electrons. The van der Waals surface area contributed by atoms with Crippen LogP contribution in [0.2, 0.25) is 0 Å². The standard InChI is InChI=1S/C26H33N3O3/c1-3-28(4-2)24(30)18-20-19-26(32-23-13-9-8-12-22(20)23)14-16-29(17-15-26)25(31)27-21-10-6-5-7-11-21/h5-13,20H,3-4,14-19H2,1-2H3,(H,27,31). The molecular formula is C26H33N3O3. The molecule has 2 aromatic carbocycles. The first kappa shape index (κ1) is 22.2. The van der Waals surface area contributed by atoms with E-state index in [2.05, 4.69) is 11.4 Å². The number of piperidine rings is 1. The summed E-state index contributed by atoms with van der Waals surface area (Å²) < 4.78 is 6.55. The van der Waals surface area contributed by atoms with Gasteiger partial charge in [-0.05, 0) is 44.0 Å². The Balaban J connectivity index is 1.45. The van der Waals surface area contributed by atoms with Gasteiger partial charge in [-0.2, -0.15) is 0 Å². The second-order valence-corrected chi connectivity index (χ2v) is 8.78. The van der Waals surface area contributed by atoms with Gasteiger partial charge in [0.2, 0.25) is 5.91 Å². The number of hydrogen-bond donors (Lipinski definition) is 1. The lowest BCUT2D eigenvalue weighted by molar-refractivity contribution is -0.131. The van der Waals surface area contributed by atoms with Gasteiger partial charge in [0.25, 0.3) is 0 Å². The maximum atomic E-state index is 12.9. The first-order valence-electron chi connectivity index (χ1n) is 11.7. The van der Waals surface area contributed by atoms with Crippen molar-refractivity contribution >= 4 is 17.6 Å². The van der Waals surface area contributed by atoms with E-state index in [1.54, 1.807) is 0 Å². The minimum atomic E-state index is -0.327. The van der Waals surface area contributed by atoms with Crippen LogP contribution in [0.3, 0.4) is 0 Å². The summed E-state index contributed by atoms with van der Waals surface area (Å²) in [6.07, 6.45) is 2.84. The van der Waals surface area contributed by atoms with E-state index in [0.717, 1.165) is 49.4 Å². The molecule has 1 spiro atoms. The fourth-order valence-electron chi connectivity index (χ4n) is 4.99. The number of fused-ring (bicyclic) bond motifs is 1. The number of hydrogen-bond acceptors (Lipinski definition) is 3. The third kappa shape index (κ3) is 4.74. The first-order valence-corrected chi connectivity index (χ1v) is 11.7. The molecule has 0 aliphatic carbocycles. The van der Waals surface area contributed by atoms with Crippen molar-refractivity contribution in [1.82, 2.24) is 9.80 Å². The predicted octanol–water partition coefficient (Wildman–Crippen LogP) is 4.88. The van der Waals surface area contributed by atoms with E-state index in [1.165, 1.54) is 0 Å². The highest BCUT2D eigenvalue weighted by Crippen LogP contribution is 2.46. The molecule has 1 saturated heterocycles. The van der Waals surface area contributed by atoms with Crippen molar-refractivity contribution in [1.29, 1.82) is 0 Å². The van der Waals surface area contributed by atoms with Gasteiger partial charge >= 0.3 is 6.03 Å². The predicted molar refractivity (Wildman–Crippen MR) is 126 cm³/mol. The fraction of sp³-hybridized carbons (Fsp3) is 0.462. The molecular weight excluding hydrogens is 402 g/mol. The SMILES string of the molecule is CCN(CC)C(=O)CC1CC2(CCN(C(=O)Nc3ccccc3)CC2)Oc2ccccc21. The molecule has 1 unspecified atom stereocenters. The smallest absolute Gasteiger partial charge is 0.321 e. The zero-order valence-electron chi connectivity index (χ0n) is 19.0. The maximum absolute atomic E-state index is 12.9. The number of carbonyl (C=O) groups excluding carboxylic acids is 2. The van der Waals surface area contributed by atoms with E-state index in [1.807, 2.05) is 72.2 Å². The second kappa shape index (κ2) is 9.63. The summed E-state index contributed by atoms with van der Waals surface area (Å²) in [5.74, 6) is 1.22. The monoisotopic (exact) mass is 435 g/mol. The number of nitrogens with one attached hydrogen (secondary N) is 1. The zero-order valence-corrected chi connectivity index (χ0v) is 19.0. The average Bonchev–Trinajstić information content (AvgIpc) is 2.81. The van der Waals surface area contributed by atoms with Gasteiger partial charge in [0, 0.05) is 57.0 Å². The number of carbonyl (C=O) groups is 2. The van der Waals surface area contributed by atoms with Crippen LogP contribution in [0.4, 0.5) is 10.5 Å². The van der Waals surface area contributed by atoms with Gasteiger partial charge in [0.15, 0.2) is 0 Å². The molecule has 2 aliphatic heterocycles. The number of amides is 3. The summed E-state index contributed by atoms with van der Waals surface area (Å²) in [5.41, 5.74) is 1.60. The number of likely N-dealkylation sites (tertiary alicyclic amines) is 1. The van der Waals surface area contributed by atoms with Crippen LogP contribution in [0, 0.1) is 0 Å². The summed E-state index contributed by atoms with van der Waals surface area (Å²) in [7, 11) is 0. The second-order valence-electron chi connectivity index (χ2n) is 8.78. The lowest BCUT2D eigenvalue weighted by Crippen LogP contribution is -2.52. The Bertz CT molecular complexity index is 934. The van der Waals surface area contributed by atoms with Crippen molar-refractivity contribution in [3.8, 4) is 5.75 Å². The van der Waals surface area contributed by atoms with Crippen LogP contribution >= 0.6 is 0 Å². The van der Waals surface area contributed by atoms with Gasteiger partial charge in [-0.3, -0.25) is 4.79 Å². The van der Waals surface area contributed by atoms with Crippen LogP contribution in [0.15, 0.2) is 54.6 Å². The zero-order chi connectivity index (χ0) is 22.6. The molecule has 1 N–H and O–H groups in total. The third-order valence-electron chi connectivity index (χ3n) is 6.83. The Labute approximate surface area is 190 Å². The van der Waals surface area contributed by atoms with Crippen LogP contribution in [0.5, 0.6) is 5.75 Å². The van der Waals surface area contributed by atoms with Crippen molar-refractivity contribution in [2.24, 2.45) is 0 Å². The topological polar surface area (TPSA) is 61.9 Å². The van der Waals surface area contributed by atoms with Gasteiger partial charge in [0.1, 0.15) is 11.4 Å². The molecule has 3 amide bonds. The Hall–Kier alpha value is -3.02. The van der Waals surface area contributed by atoms with Gasteiger partial charge in [-0.15, -0.1) is 0 Å². The van der Waals surface area contributed by atoms with Crippen LogP contribution in [0.1, 0.15) is 51.0 Å². The van der Waals surface area contributed by atoms with Crippen molar-refractivity contribution in [2.45, 2.75) is 51.0 Å². The van der Waals surface area contributed by atoms with Crippen LogP contribution in [0.25, 0.3) is 0 Å². The van der Waals surface area contributed by atoms with E-state index in [9.17, 15) is 9.59 Å². The highest BCUT2D eigenvalue weighted by atomic mass is 16.5. The van der Waals surface area contributed by atoms with Crippen molar-refractivity contribution in [2.75, 3.05) is 31.5 Å². The summed E-state index contributed by atoms with van der Waals surface area (Å²) in [5, 5.41) is 2.97. The molecule has 32 heavy (non-hydrogen) atoms. The summed E-state index contributed by atoms with van der Waals surface area (Å²) in [6, 6.07) is 17.6. The number of rotatable bonds is 5. The van der Waals surface area contributed by atoms with Crippen molar-refractivity contribution in [3.05, 3.63) is 60.2 Å². The van der Waals surface area contributed by atoms with Gasteiger partial charge < -0.3 is 19.9 Å². The molecule has 6 nitrogen and oxygen atoms in total. The van der Waals surface area contributed by atoms with Gasteiger partial charge in [0.05, 0.1) is 0 Å². The lowest BCUT2D eigenvalue weighted by atomic mass is 9.76. The normalized spacial score (nSPS) is 19.1. The molecule has 0 aromatic heterocycles. The van der Waals surface area contributed by atoms with E-state index in [4.69, 9.17) is 4.74 Å². The molecule has 0 bridgehead atoms. The van der Waals surface area contributed by atoms with Crippen molar-refractivity contribution < 1.29 is 14.3 Å². The Kier molecular flexibility index (Phi) is 6.68. The Morgan fingerprint density at radius 2 is 1.69 bits per heavy atom. The quantitative estimate of drug-likeness (QED) is 0.728. The van der Waals surface area contributed by atoms with E-state index in [-0.39, 0.29) is 23.5 Å². The number of nitrogens with zero attached hydrogens (tertiary/aromatic N) is 2. The molecule has 0 saturated carbocycles. The van der Waals surface area contributed by atoms with Gasteiger partial charge in [-0.1, -0.05) is 36.4 Å². The summed E-state index contributed by atoms with van der Waals surface area (Å²) in [4.78, 5) is 29.4. The number of benzene rings is 2. The first-order chi connectivity index (χ1) is 15.5. The largest absolute Gasteiger partial charge is 0.487 e. The molecule has 2 aromatic rings. The minimum absolute atomic E-state index is 0.0736. The lowest BCUT2D eigenvalue weighted by Gasteiger charge is -2.47. The number of anilines is 1. The molecule has 6 heteroatoms. The average molecular weight is 436 g/mol. The fourth-order valence-corrected chi connectivity index (χ4v) is 4.99. The number of urea groups is 1. The highest BCUT2D eigenvalue weighted by molar-refractivity contribution is 5.89. The summed E-state index contributed by atoms with van der Waals surface area (Å²) >= 11 is 0. The van der Waals surface area contributed by atoms with E-state index < -0.39 is 0 Å². The van der Waals surface area contributed by atoms with Crippen molar-refractivity contribution in [3.63, 3.8) is 0 Å². The molecule has 1 fully saturated rings. The molecule has 4 rings (SSSR count).